The van der Waals surface area contributed by atoms with Gasteiger partial charge in [0, 0.05) is 11.6 Å². The van der Waals surface area contributed by atoms with E-state index < -0.39 is 12.3 Å². The molecule has 0 saturated carbocycles. The molecule has 3 aromatic rings. The Bertz CT molecular complexity index is 890. The van der Waals surface area contributed by atoms with E-state index >= 15 is 0 Å². The van der Waals surface area contributed by atoms with Gasteiger partial charge >= 0.3 is 12.3 Å². The molecular formula is C15H8ClNO5. The monoisotopic (exact) mass is 317 g/mol. The molecule has 1 aliphatic heterocycles. The lowest BCUT2D eigenvalue weighted by Gasteiger charge is -2.03. The molecule has 0 aliphatic carbocycles. The molecule has 0 spiro atoms. The third-order valence-electron chi connectivity index (χ3n) is 3.33. The first-order valence-electron chi connectivity index (χ1n) is 6.38. The van der Waals surface area contributed by atoms with Crippen LogP contribution < -0.4 is 9.47 Å². The van der Waals surface area contributed by atoms with Crippen LogP contribution in [-0.2, 0) is 4.79 Å². The van der Waals surface area contributed by atoms with Crippen LogP contribution >= 0.6 is 11.6 Å². The summed E-state index contributed by atoms with van der Waals surface area (Å²) in [5.41, 5.74) is 1.79. The number of hydrogen-bond donors (Lipinski definition) is 1. The van der Waals surface area contributed by atoms with Crippen LogP contribution in [0.4, 0.5) is 0 Å². The first-order chi connectivity index (χ1) is 10.6. The normalized spacial score (nSPS) is 16.1. The summed E-state index contributed by atoms with van der Waals surface area (Å²) in [5, 5.41) is 13.8. The van der Waals surface area contributed by atoms with Crippen molar-refractivity contribution in [3.63, 3.8) is 0 Å². The Hall–Kier alpha value is -2.73. The SMILES string of the molecule is O=C(O)C1Oc2cc3onc(-c4ccccc4)c3c(Cl)c2O1. The van der Waals surface area contributed by atoms with Crippen molar-refractivity contribution in [1.82, 2.24) is 5.16 Å². The van der Waals surface area contributed by atoms with Gasteiger partial charge in [0.2, 0.25) is 0 Å². The number of carboxylic acid groups (broad SMARTS) is 1. The van der Waals surface area contributed by atoms with Crippen molar-refractivity contribution in [2.75, 3.05) is 0 Å². The molecule has 7 heteroatoms. The van der Waals surface area contributed by atoms with Crippen LogP contribution in [0.3, 0.4) is 0 Å². The summed E-state index contributed by atoms with van der Waals surface area (Å²) in [7, 11) is 0. The minimum Gasteiger partial charge on any atom is -0.476 e. The van der Waals surface area contributed by atoms with Gasteiger partial charge in [-0.25, -0.2) is 4.79 Å². The summed E-state index contributed by atoms with van der Waals surface area (Å²) >= 11 is 6.36. The van der Waals surface area contributed by atoms with Crippen LogP contribution in [-0.4, -0.2) is 22.5 Å². The zero-order chi connectivity index (χ0) is 15.3. The molecule has 1 atom stereocenters. The number of aliphatic carboxylic acids is 1. The molecule has 0 fully saturated rings. The number of benzene rings is 2. The van der Waals surface area contributed by atoms with Gasteiger partial charge in [-0.3, -0.25) is 0 Å². The Morgan fingerprint density at radius 2 is 2.00 bits per heavy atom. The van der Waals surface area contributed by atoms with E-state index in [1.165, 1.54) is 6.07 Å². The molecule has 4 rings (SSSR count). The predicted molar refractivity (Wildman–Crippen MR) is 77.1 cm³/mol. The van der Waals surface area contributed by atoms with Gasteiger partial charge in [-0.05, 0) is 0 Å². The molecule has 1 aromatic heterocycles. The Labute approximate surface area is 128 Å². The highest BCUT2D eigenvalue weighted by molar-refractivity contribution is 6.38. The van der Waals surface area contributed by atoms with Crippen molar-refractivity contribution < 1.29 is 23.9 Å². The van der Waals surface area contributed by atoms with Crippen molar-refractivity contribution in [3.05, 3.63) is 41.4 Å². The van der Waals surface area contributed by atoms with Gasteiger partial charge in [-0.15, -0.1) is 0 Å². The van der Waals surface area contributed by atoms with Gasteiger partial charge in [-0.2, -0.15) is 0 Å². The maximum absolute atomic E-state index is 11.0. The van der Waals surface area contributed by atoms with Crippen LogP contribution in [0.5, 0.6) is 11.5 Å². The van der Waals surface area contributed by atoms with Crippen molar-refractivity contribution >= 4 is 28.5 Å². The average Bonchev–Trinajstić information content (AvgIpc) is 3.13. The molecule has 110 valence electrons. The Balaban J connectivity index is 1.92. The maximum atomic E-state index is 11.0. The van der Waals surface area contributed by atoms with Crippen molar-refractivity contribution in [1.29, 1.82) is 0 Å². The standard InChI is InChI=1S/C15H8ClNO5/c16-11-10-8(6-9-13(11)21-15(20-9)14(18)19)22-17-12(10)7-4-2-1-3-5-7/h1-6,15H,(H,18,19). The van der Waals surface area contributed by atoms with Gasteiger partial charge in [0.05, 0.1) is 5.39 Å². The molecule has 0 amide bonds. The van der Waals surface area contributed by atoms with E-state index in [4.69, 9.17) is 30.7 Å². The fraction of sp³-hybridized carbons (Fsp3) is 0.0667. The number of nitrogens with zero attached hydrogens (tertiary/aromatic N) is 1. The summed E-state index contributed by atoms with van der Waals surface area (Å²) in [6.45, 7) is 0. The van der Waals surface area contributed by atoms with Gasteiger partial charge in [0.25, 0.3) is 0 Å². The highest BCUT2D eigenvalue weighted by atomic mass is 35.5. The predicted octanol–water partition coefficient (Wildman–Crippen LogP) is 3.33. The molecule has 1 N–H and O–H groups in total. The van der Waals surface area contributed by atoms with E-state index in [1.807, 2.05) is 30.3 Å². The first-order valence-corrected chi connectivity index (χ1v) is 6.76. The number of carboxylic acids is 1. The minimum atomic E-state index is -1.41. The number of ether oxygens (including phenoxy) is 2. The van der Waals surface area contributed by atoms with Crippen molar-refractivity contribution in [3.8, 4) is 22.8 Å². The fourth-order valence-corrected chi connectivity index (χ4v) is 2.68. The van der Waals surface area contributed by atoms with Crippen molar-refractivity contribution in [2.45, 2.75) is 6.29 Å². The second-order valence-electron chi connectivity index (χ2n) is 4.69. The van der Waals surface area contributed by atoms with E-state index in [0.717, 1.165) is 5.56 Å². The smallest absolute Gasteiger partial charge is 0.387 e. The molecule has 0 radical (unpaired) electrons. The third kappa shape index (κ3) is 1.81. The lowest BCUT2D eigenvalue weighted by molar-refractivity contribution is -0.154. The number of hydrogen-bond acceptors (Lipinski definition) is 5. The zero-order valence-electron chi connectivity index (χ0n) is 10.9. The van der Waals surface area contributed by atoms with E-state index in [2.05, 4.69) is 5.16 Å². The largest absolute Gasteiger partial charge is 0.476 e. The molecule has 0 saturated heterocycles. The number of rotatable bonds is 2. The molecule has 0 bridgehead atoms. The topological polar surface area (TPSA) is 81.8 Å². The molecule has 1 unspecified atom stereocenters. The quantitative estimate of drug-likeness (QED) is 0.780. The summed E-state index contributed by atoms with van der Waals surface area (Å²) in [5.74, 6) is -0.826. The van der Waals surface area contributed by atoms with E-state index in [9.17, 15) is 4.79 Å². The van der Waals surface area contributed by atoms with Gasteiger partial charge < -0.3 is 19.1 Å². The Morgan fingerprint density at radius 1 is 1.23 bits per heavy atom. The Morgan fingerprint density at radius 3 is 2.73 bits per heavy atom. The second-order valence-corrected chi connectivity index (χ2v) is 5.07. The molecule has 22 heavy (non-hydrogen) atoms. The lowest BCUT2D eigenvalue weighted by Crippen LogP contribution is -2.28. The van der Waals surface area contributed by atoms with Gasteiger partial charge in [0.15, 0.2) is 17.1 Å². The average molecular weight is 318 g/mol. The minimum absolute atomic E-state index is 0.182. The highest BCUT2D eigenvalue weighted by Crippen LogP contribution is 2.47. The maximum Gasteiger partial charge on any atom is 0.387 e. The van der Waals surface area contributed by atoms with E-state index in [1.54, 1.807) is 0 Å². The second kappa shape index (κ2) is 4.64. The molecule has 2 heterocycles. The fourth-order valence-electron chi connectivity index (χ4n) is 2.36. The first kappa shape index (κ1) is 13.0. The summed E-state index contributed by atoms with van der Waals surface area (Å²) in [6.07, 6.45) is -1.41. The number of carbonyl (C=O) groups is 1. The molecule has 6 nitrogen and oxygen atoms in total. The molecule has 2 aromatic carbocycles. The summed E-state index contributed by atoms with van der Waals surface area (Å²) < 4.78 is 15.7. The molecular weight excluding hydrogens is 310 g/mol. The van der Waals surface area contributed by atoms with E-state index in [0.29, 0.717) is 16.7 Å². The lowest BCUT2D eigenvalue weighted by atomic mass is 10.1. The number of fused-ring (bicyclic) bond motifs is 2. The van der Waals surface area contributed by atoms with Crippen molar-refractivity contribution in [2.24, 2.45) is 0 Å². The Kier molecular flexibility index (Phi) is 2.74. The summed E-state index contributed by atoms with van der Waals surface area (Å²) in [4.78, 5) is 11.0. The zero-order valence-corrected chi connectivity index (χ0v) is 11.7. The molecule has 1 aliphatic rings. The summed E-state index contributed by atoms with van der Waals surface area (Å²) in [6, 6.07) is 10.9. The van der Waals surface area contributed by atoms with Crippen LogP contribution in [0.15, 0.2) is 40.9 Å². The van der Waals surface area contributed by atoms with E-state index in [-0.39, 0.29) is 16.5 Å². The van der Waals surface area contributed by atoms with Crippen LogP contribution in [0, 0.1) is 0 Å². The third-order valence-corrected chi connectivity index (χ3v) is 3.69. The highest BCUT2D eigenvalue weighted by Gasteiger charge is 2.34. The van der Waals surface area contributed by atoms with Crippen LogP contribution in [0.2, 0.25) is 5.02 Å². The number of halogens is 1. The van der Waals surface area contributed by atoms with Crippen LogP contribution in [0.1, 0.15) is 0 Å². The number of aromatic nitrogens is 1. The van der Waals surface area contributed by atoms with Gasteiger partial charge in [-0.1, -0.05) is 47.1 Å². The van der Waals surface area contributed by atoms with Crippen LogP contribution in [0.25, 0.3) is 22.2 Å². The van der Waals surface area contributed by atoms with Gasteiger partial charge in [0.1, 0.15) is 10.7 Å².